The van der Waals surface area contributed by atoms with Crippen LogP contribution in [0.1, 0.15) is 12.8 Å². The van der Waals surface area contributed by atoms with Gasteiger partial charge in [0, 0.05) is 0 Å². The number of rotatable bonds is 6. The summed E-state index contributed by atoms with van der Waals surface area (Å²) in [6.07, 6.45) is 1.28. The van der Waals surface area contributed by atoms with E-state index in [2.05, 4.69) is 0 Å². The molecule has 1 rings (SSSR count). The number of amides is 1. The minimum absolute atomic E-state index is 0.463. The van der Waals surface area contributed by atoms with E-state index in [1.54, 1.807) is 0 Å². The zero-order chi connectivity index (χ0) is 11.1. The maximum absolute atomic E-state index is 10.6. The highest BCUT2D eigenvalue weighted by atomic mass is 16.5. The standard InChI is InChI=1S/C11H16N2O2/c12-10(11(13)14)7-4-8-15-9-5-2-1-3-6-9/h1-3,5-6,10H,4,7-8,12H2,(H2,13,14). The lowest BCUT2D eigenvalue weighted by Crippen LogP contribution is -2.36. The molecule has 0 aromatic heterocycles. The van der Waals surface area contributed by atoms with Gasteiger partial charge in [0.25, 0.3) is 0 Å². The van der Waals surface area contributed by atoms with Crippen LogP contribution in [-0.4, -0.2) is 18.6 Å². The van der Waals surface area contributed by atoms with E-state index in [0.717, 1.165) is 12.2 Å². The molecule has 0 heterocycles. The summed E-state index contributed by atoms with van der Waals surface area (Å²) in [5.41, 5.74) is 10.5. The minimum atomic E-state index is -0.565. The molecule has 0 radical (unpaired) electrons. The van der Waals surface area contributed by atoms with Crippen molar-refractivity contribution in [3.63, 3.8) is 0 Å². The molecule has 1 amide bonds. The lowest BCUT2D eigenvalue weighted by Gasteiger charge is -2.08. The summed E-state index contributed by atoms with van der Waals surface area (Å²) in [7, 11) is 0. The molecular weight excluding hydrogens is 192 g/mol. The van der Waals surface area contributed by atoms with Gasteiger partial charge in [-0.2, -0.15) is 0 Å². The number of carbonyl (C=O) groups excluding carboxylic acids is 1. The topological polar surface area (TPSA) is 78.3 Å². The van der Waals surface area contributed by atoms with Crippen molar-refractivity contribution < 1.29 is 9.53 Å². The number of benzene rings is 1. The third-order valence-electron chi connectivity index (χ3n) is 2.04. The lowest BCUT2D eigenvalue weighted by atomic mass is 10.2. The van der Waals surface area contributed by atoms with Gasteiger partial charge in [0.05, 0.1) is 12.6 Å². The van der Waals surface area contributed by atoms with Crippen LogP contribution in [0.5, 0.6) is 5.75 Å². The van der Waals surface area contributed by atoms with Gasteiger partial charge in [-0.3, -0.25) is 4.79 Å². The Morgan fingerprint density at radius 3 is 2.60 bits per heavy atom. The molecule has 0 aliphatic heterocycles. The molecule has 0 aliphatic rings. The molecule has 4 heteroatoms. The highest BCUT2D eigenvalue weighted by Gasteiger charge is 2.07. The van der Waals surface area contributed by atoms with Gasteiger partial charge in [-0.25, -0.2) is 0 Å². The van der Waals surface area contributed by atoms with Gasteiger partial charge in [-0.1, -0.05) is 18.2 Å². The Hall–Kier alpha value is -1.55. The van der Waals surface area contributed by atoms with Crippen LogP contribution < -0.4 is 16.2 Å². The number of nitrogens with two attached hydrogens (primary N) is 2. The smallest absolute Gasteiger partial charge is 0.234 e. The second-order valence-electron chi connectivity index (χ2n) is 3.31. The number of para-hydroxylation sites is 1. The van der Waals surface area contributed by atoms with Crippen LogP contribution in [0.25, 0.3) is 0 Å². The first-order chi connectivity index (χ1) is 7.20. The third-order valence-corrected chi connectivity index (χ3v) is 2.04. The third kappa shape index (κ3) is 4.46. The summed E-state index contributed by atoms with van der Waals surface area (Å²) in [5, 5.41) is 0. The molecule has 4 N–H and O–H groups in total. The van der Waals surface area contributed by atoms with Crippen LogP contribution in [0.4, 0.5) is 0 Å². The van der Waals surface area contributed by atoms with E-state index in [4.69, 9.17) is 16.2 Å². The monoisotopic (exact) mass is 208 g/mol. The Bertz CT molecular complexity index is 301. The summed E-state index contributed by atoms with van der Waals surface area (Å²) >= 11 is 0. The van der Waals surface area contributed by atoms with Crippen LogP contribution in [0.2, 0.25) is 0 Å². The first-order valence-electron chi connectivity index (χ1n) is 4.93. The zero-order valence-corrected chi connectivity index (χ0v) is 8.56. The maximum Gasteiger partial charge on any atom is 0.234 e. The molecule has 0 bridgehead atoms. The normalized spacial score (nSPS) is 12.1. The van der Waals surface area contributed by atoms with Gasteiger partial charge < -0.3 is 16.2 Å². The number of hydrogen-bond donors (Lipinski definition) is 2. The van der Waals surface area contributed by atoms with Crippen molar-refractivity contribution in [3.8, 4) is 5.75 Å². The van der Waals surface area contributed by atoms with E-state index in [1.165, 1.54) is 0 Å². The molecule has 0 spiro atoms. The maximum atomic E-state index is 10.6. The highest BCUT2D eigenvalue weighted by molar-refractivity contribution is 5.79. The van der Waals surface area contributed by atoms with Crippen LogP contribution in [0.3, 0.4) is 0 Å². The molecule has 1 aromatic rings. The Morgan fingerprint density at radius 2 is 2.00 bits per heavy atom. The van der Waals surface area contributed by atoms with E-state index in [0.29, 0.717) is 13.0 Å². The van der Waals surface area contributed by atoms with Crippen LogP contribution in [0, 0.1) is 0 Å². The second kappa shape index (κ2) is 6.03. The highest BCUT2D eigenvalue weighted by Crippen LogP contribution is 2.08. The Balaban J connectivity index is 2.15. The van der Waals surface area contributed by atoms with Crippen molar-refractivity contribution in [2.45, 2.75) is 18.9 Å². The SMILES string of the molecule is NC(=O)C(N)CCCOc1ccccc1. The molecular formula is C11H16N2O2. The van der Waals surface area contributed by atoms with Crippen molar-refractivity contribution in [2.24, 2.45) is 11.5 Å². The summed E-state index contributed by atoms with van der Waals surface area (Å²) in [6, 6.07) is 8.94. The van der Waals surface area contributed by atoms with Crippen LogP contribution in [0.15, 0.2) is 30.3 Å². The average Bonchev–Trinajstić information content (AvgIpc) is 2.25. The van der Waals surface area contributed by atoms with Crippen molar-refractivity contribution in [1.82, 2.24) is 0 Å². The minimum Gasteiger partial charge on any atom is -0.494 e. The predicted molar refractivity (Wildman–Crippen MR) is 58.3 cm³/mol. The summed E-state index contributed by atoms with van der Waals surface area (Å²) in [6.45, 7) is 0.547. The quantitative estimate of drug-likeness (QED) is 0.674. The molecule has 1 aromatic carbocycles. The van der Waals surface area contributed by atoms with Gasteiger partial charge >= 0.3 is 0 Å². The van der Waals surface area contributed by atoms with Gasteiger partial charge in [-0.05, 0) is 25.0 Å². The molecule has 0 saturated heterocycles. The number of carbonyl (C=O) groups is 1. The summed E-state index contributed by atoms with van der Waals surface area (Å²) in [4.78, 5) is 10.6. The number of primary amides is 1. The van der Waals surface area contributed by atoms with E-state index in [1.807, 2.05) is 30.3 Å². The summed E-state index contributed by atoms with van der Waals surface area (Å²) in [5.74, 6) is 0.361. The van der Waals surface area contributed by atoms with Gasteiger partial charge in [-0.15, -0.1) is 0 Å². The van der Waals surface area contributed by atoms with Crippen molar-refractivity contribution in [3.05, 3.63) is 30.3 Å². The molecule has 1 atom stereocenters. The fourth-order valence-corrected chi connectivity index (χ4v) is 1.15. The molecule has 4 nitrogen and oxygen atoms in total. The predicted octanol–water partition coefficient (Wildman–Crippen LogP) is 0.658. The first-order valence-corrected chi connectivity index (χ1v) is 4.93. The molecule has 0 aliphatic carbocycles. The van der Waals surface area contributed by atoms with Crippen molar-refractivity contribution in [1.29, 1.82) is 0 Å². The van der Waals surface area contributed by atoms with E-state index >= 15 is 0 Å². The van der Waals surface area contributed by atoms with Crippen LogP contribution >= 0.6 is 0 Å². The van der Waals surface area contributed by atoms with Gasteiger partial charge in [0.1, 0.15) is 5.75 Å². The molecule has 0 saturated carbocycles. The zero-order valence-electron chi connectivity index (χ0n) is 8.56. The van der Waals surface area contributed by atoms with Crippen molar-refractivity contribution in [2.75, 3.05) is 6.61 Å². The van der Waals surface area contributed by atoms with E-state index in [-0.39, 0.29) is 0 Å². The molecule has 15 heavy (non-hydrogen) atoms. The fraction of sp³-hybridized carbons (Fsp3) is 0.364. The number of ether oxygens (including phenoxy) is 1. The Kier molecular flexibility index (Phi) is 4.63. The lowest BCUT2D eigenvalue weighted by molar-refractivity contribution is -0.119. The van der Waals surface area contributed by atoms with Gasteiger partial charge in [0.15, 0.2) is 0 Å². The van der Waals surface area contributed by atoms with E-state index in [9.17, 15) is 4.79 Å². The second-order valence-corrected chi connectivity index (χ2v) is 3.31. The molecule has 1 unspecified atom stereocenters. The Morgan fingerprint density at radius 1 is 1.33 bits per heavy atom. The van der Waals surface area contributed by atoms with E-state index < -0.39 is 11.9 Å². The largest absolute Gasteiger partial charge is 0.494 e. The first kappa shape index (κ1) is 11.5. The number of hydrogen-bond acceptors (Lipinski definition) is 3. The fourth-order valence-electron chi connectivity index (χ4n) is 1.15. The summed E-state index contributed by atoms with van der Waals surface area (Å²) < 4.78 is 5.43. The van der Waals surface area contributed by atoms with Crippen LogP contribution in [-0.2, 0) is 4.79 Å². The Labute approximate surface area is 89.2 Å². The van der Waals surface area contributed by atoms with Crippen molar-refractivity contribution >= 4 is 5.91 Å². The molecule has 82 valence electrons. The average molecular weight is 208 g/mol. The molecule has 0 fully saturated rings. The van der Waals surface area contributed by atoms with Gasteiger partial charge in [0.2, 0.25) is 5.91 Å².